The first-order chi connectivity index (χ1) is 17.9. The predicted octanol–water partition coefficient (Wildman–Crippen LogP) is 7.75. The largest absolute Gasteiger partial charge is 0.494 e. The summed E-state index contributed by atoms with van der Waals surface area (Å²) in [6.07, 6.45) is 0.908. The van der Waals surface area contributed by atoms with Crippen molar-refractivity contribution in [1.29, 1.82) is 0 Å². The van der Waals surface area contributed by atoms with E-state index in [0.717, 1.165) is 39.8 Å². The van der Waals surface area contributed by atoms with E-state index in [4.69, 9.17) is 9.72 Å². The second-order valence-corrected chi connectivity index (χ2v) is 13.2. The summed E-state index contributed by atoms with van der Waals surface area (Å²) < 4.78 is 48.1. The van der Waals surface area contributed by atoms with Crippen LogP contribution in [0.5, 0.6) is 5.75 Å². The summed E-state index contributed by atoms with van der Waals surface area (Å²) in [4.78, 5) is 9.04. The average Bonchev–Trinajstić information content (AvgIpc) is 3.26. The molecule has 1 N–H and O–H groups in total. The Hall–Kier alpha value is -3.30. The zero-order chi connectivity index (χ0) is 27.5. The molecule has 2 aromatic heterocycles. The van der Waals surface area contributed by atoms with Crippen LogP contribution in [0.4, 0.5) is 9.52 Å². The van der Waals surface area contributed by atoms with Crippen molar-refractivity contribution in [3.8, 4) is 27.4 Å². The molecule has 4 rings (SSSR count). The van der Waals surface area contributed by atoms with Gasteiger partial charge in [0.15, 0.2) is 10.2 Å². The van der Waals surface area contributed by atoms with Crippen LogP contribution in [0.25, 0.3) is 21.7 Å². The molecule has 0 fully saturated rings. The van der Waals surface area contributed by atoms with Crippen LogP contribution in [0.3, 0.4) is 0 Å². The van der Waals surface area contributed by atoms with E-state index < -0.39 is 21.0 Å². The second-order valence-electron chi connectivity index (χ2n) is 10.5. The van der Waals surface area contributed by atoms with Crippen LogP contribution in [0, 0.1) is 11.4 Å². The first kappa shape index (κ1) is 27.7. The molecule has 0 aliphatic heterocycles. The number of rotatable bonds is 9. The van der Waals surface area contributed by atoms with E-state index >= 15 is 0 Å². The molecule has 0 saturated heterocycles. The van der Waals surface area contributed by atoms with Gasteiger partial charge in [0.2, 0.25) is 5.95 Å². The van der Waals surface area contributed by atoms with E-state index in [0.29, 0.717) is 12.3 Å². The topological polar surface area (TPSA) is 81.2 Å². The van der Waals surface area contributed by atoms with Crippen molar-refractivity contribution in [3.05, 3.63) is 78.2 Å². The number of hydrogen-bond donors (Lipinski definition) is 1. The van der Waals surface area contributed by atoms with E-state index in [1.807, 2.05) is 42.5 Å². The van der Waals surface area contributed by atoms with Gasteiger partial charge in [-0.1, -0.05) is 88.4 Å². The molecule has 200 valence electrons. The monoisotopic (exact) mass is 553 g/mol. The first-order valence-electron chi connectivity index (χ1n) is 12.4. The molecule has 4 aromatic rings. The van der Waals surface area contributed by atoms with Crippen LogP contribution < -0.4 is 9.46 Å². The van der Waals surface area contributed by atoms with Gasteiger partial charge < -0.3 is 4.74 Å². The molecule has 0 amide bonds. The summed E-state index contributed by atoms with van der Waals surface area (Å²) in [7, 11) is -4.14. The molecule has 0 bridgehead atoms. The molecule has 38 heavy (non-hydrogen) atoms. The third-order valence-electron chi connectivity index (χ3n) is 5.87. The van der Waals surface area contributed by atoms with Gasteiger partial charge in [-0.3, -0.25) is 4.72 Å². The fourth-order valence-corrected chi connectivity index (χ4v) is 6.04. The van der Waals surface area contributed by atoms with Gasteiger partial charge >= 0.3 is 0 Å². The lowest BCUT2D eigenvalue weighted by Gasteiger charge is -2.18. The van der Waals surface area contributed by atoms with E-state index in [2.05, 4.69) is 50.4 Å². The van der Waals surface area contributed by atoms with Gasteiger partial charge in [-0.15, -0.1) is 0 Å². The lowest BCUT2D eigenvalue weighted by atomic mass is 9.93. The molecule has 0 aliphatic carbocycles. The summed E-state index contributed by atoms with van der Waals surface area (Å²) in [5, 5.41) is -0.244. The molecule has 0 unspecified atom stereocenters. The number of pyridine rings is 1. The van der Waals surface area contributed by atoms with Crippen LogP contribution >= 0.6 is 11.3 Å². The summed E-state index contributed by atoms with van der Waals surface area (Å²) in [6.45, 7) is 11.3. The Balaban J connectivity index is 1.77. The molecular formula is C29H32FN3O3S2. The lowest BCUT2D eigenvalue weighted by Crippen LogP contribution is -2.14. The quantitative estimate of drug-likeness (QED) is 0.214. The molecule has 6 nitrogen and oxygen atoms in total. The highest BCUT2D eigenvalue weighted by Crippen LogP contribution is 2.42. The Kier molecular flexibility index (Phi) is 8.18. The van der Waals surface area contributed by atoms with Crippen molar-refractivity contribution < 1.29 is 17.5 Å². The van der Waals surface area contributed by atoms with Crippen molar-refractivity contribution in [2.45, 2.75) is 52.0 Å². The second kappa shape index (κ2) is 11.2. The molecule has 9 heteroatoms. The highest BCUT2D eigenvalue weighted by Gasteiger charge is 2.23. The maximum Gasteiger partial charge on any atom is 0.281 e. The number of nitrogens with one attached hydrogen (secondary N) is 1. The third-order valence-corrected chi connectivity index (χ3v) is 8.26. The average molecular weight is 554 g/mol. The minimum Gasteiger partial charge on any atom is -0.494 e. The predicted molar refractivity (Wildman–Crippen MR) is 152 cm³/mol. The van der Waals surface area contributed by atoms with Crippen LogP contribution in [0.15, 0.2) is 71.8 Å². The smallest absolute Gasteiger partial charge is 0.281 e. The summed E-state index contributed by atoms with van der Waals surface area (Å²) in [6, 6.07) is 19.3. The third kappa shape index (κ3) is 6.76. The van der Waals surface area contributed by atoms with Crippen molar-refractivity contribution in [3.63, 3.8) is 0 Å². The normalized spacial score (nSPS) is 12.1. The number of hydrogen-bond acceptors (Lipinski definition) is 6. The minimum absolute atomic E-state index is 0.158. The van der Waals surface area contributed by atoms with Gasteiger partial charge in [0.1, 0.15) is 5.75 Å². The summed E-state index contributed by atoms with van der Waals surface area (Å²) >= 11 is 1.21. The Morgan fingerprint density at radius 2 is 1.74 bits per heavy atom. The maximum absolute atomic E-state index is 13.6. The van der Waals surface area contributed by atoms with Gasteiger partial charge in [0.25, 0.3) is 10.0 Å². The minimum atomic E-state index is -4.14. The lowest BCUT2D eigenvalue weighted by molar-refractivity contribution is 0.243. The Morgan fingerprint density at radius 1 is 1.00 bits per heavy atom. The van der Waals surface area contributed by atoms with Gasteiger partial charge in [0.05, 0.1) is 17.2 Å². The molecule has 0 radical (unpaired) electrons. The number of anilines is 1. The summed E-state index contributed by atoms with van der Waals surface area (Å²) in [5.41, 5.74) is 3.70. The standard InChI is InChI=1S/C29H32FN3O3S2/c1-19(2)22-12-6-7-13-23(22)26-27(20-10-8-11-21(18-20)36-17-16-29(3,4)5)37-28(32-26)33-38(34,35)25-15-9-14-24(30)31-25/h6-15,18-19H,16-17H2,1-5H3,(H,32,33). The number of benzene rings is 2. The maximum atomic E-state index is 13.6. The highest BCUT2D eigenvalue weighted by atomic mass is 32.2. The van der Waals surface area contributed by atoms with Crippen LogP contribution in [0.1, 0.15) is 52.5 Å². The van der Waals surface area contributed by atoms with Gasteiger partial charge in [0, 0.05) is 5.56 Å². The fourth-order valence-electron chi connectivity index (χ4n) is 3.87. The molecule has 0 aliphatic rings. The Bertz CT molecular complexity index is 1530. The van der Waals surface area contributed by atoms with E-state index in [-0.39, 0.29) is 16.5 Å². The fraction of sp³-hybridized carbons (Fsp3) is 0.310. The van der Waals surface area contributed by atoms with Crippen molar-refractivity contribution in [2.24, 2.45) is 5.41 Å². The Morgan fingerprint density at radius 3 is 2.45 bits per heavy atom. The Labute approximate surface area is 228 Å². The molecular weight excluding hydrogens is 521 g/mol. The number of thiazole rings is 1. The van der Waals surface area contributed by atoms with Crippen molar-refractivity contribution in [1.82, 2.24) is 9.97 Å². The molecule has 0 spiro atoms. The summed E-state index contributed by atoms with van der Waals surface area (Å²) in [5.74, 6) is 0.0846. The number of ether oxygens (including phenoxy) is 1. The van der Waals surface area contributed by atoms with Gasteiger partial charge in [-0.25, -0.2) is 9.97 Å². The van der Waals surface area contributed by atoms with E-state index in [1.165, 1.54) is 23.5 Å². The van der Waals surface area contributed by atoms with Crippen LogP contribution in [-0.4, -0.2) is 25.0 Å². The molecule has 0 saturated carbocycles. The number of halogens is 1. The zero-order valence-corrected chi connectivity index (χ0v) is 23.8. The van der Waals surface area contributed by atoms with Gasteiger partial charge in [-0.05, 0) is 53.1 Å². The SMILES string of the molecule is CC(C)c1ccccc1-c1nc(NS(=O)(=O)c2cccc(F)n2)sc1-c1cccc(OCCC(C)(C)C)c1. The molecule has 2 aromatic carbocycles. The number of nitrogens with zero attached hydrogens (tertiary/aromatic N) is 2. The molecule has 0 atom stereocenters. The van der Waals surface area contributed by atoms with Gasteiger partial charge in [-0.2, -0.15) is 12.8 Å². The number of aromatic nitrogens is 2. The molecule has 2 heterocycles. The zero-order valence-electron chi connectivity index (χ0n) is 22.2. The highest BCUT2D eigenvalue weighted by molar-refractivity contribution is 7.92. The van der Waals surface area contributed by atoms with Crippen molar-refractivity contribution >= 4 is 26.5 Å². The first-order valence-corrected chi connectivity index (χ1v) is 14.7. The number of sulfonamides is 1. The van der Waals surface area contributed by atoms with E-state index in [9.17, 15) is 12.8 Å². The van der Waals surface area contributed by atoms with Crippen molar-refractivity contribution in [2.75, 3.05) is 11.3 Å². The van der Waals surface area contributed by atoms with Crippen LogP contribution in [0.2, 0.25) is 0 Å². The van der Waals surface area contributed by atoms with Crippen LogP contribution in [-0.2, 0) is 10.0 Å². The van der Waals surface area contributed by atoms with E-state index in [1.54, 1.807) is 0 Å².